The summed E-state index contributed by atoms with van der Waals surface area (Å²) in [5, 5.41) is 2.41. The highest BCUT2D eigenvalue weighted by atomic mass is 32.2. The molecule has 1 aromatic rings. The van der Waals surface area contributed by atoms with Gasteiger partial charge in [-0.05, 0) is 56.4 Å². The maximum atomic E-state index is 12.1. The molecule has 25 heavy (non-hydrogen) atoms. The summed E-state index contributed by atoms with van der Waals surface area (Å²) in [7, 11) is -3.39. The second-order valence-electron chi connectivity index (χ2n) is 6.92. The number of nitrogens with one attached hydrogen (secondary N) is 2. The first kappa shape index (κ1) is 18.2. The lowest BCUT2D eigenvalue weighted by Gasteiger charge is -2.28. The van der Waals surface area contributed by atoms with Gasteiger partial charge in [0.2, 0.25) is 15.9 Å². The van der Waals surface area contributed by atoms with Crippen molar-refractivity contribution < 1.29 is 13.2 Å². The summed E-state index contributed by atoms with van der Waals surface area (Å²) >= 11 is 0. The maximum absolute atomic E-state index is 12.1. The average Bonchev–Trinajstić information content (AvgIpc) is 3.17. The molecular formula is C18H27N3O3S. The number of anilines is 2. The van der Waals surface area contributed by atoms with Crippen LogP contribution in [-0.2, 0) is 14.8 Å². The van der Waals surface area contributed by atoms with E-state index in [9.17, 15) is 13.2 Å². The van der Waals surface area contributed by atoms with E-state index in [1.807, 2.05) is 24.3 Å². The first-order chi connectivity index (χ1) is 12.0. The number of nitrogens with zero attached hydrogens (tertiary/aromatic N) is 1. The van der Waals surface area contributed by atoms with E-state index in [4.69, 9.17) is 0 Å². The van der Waals surface area contributed by atoms with Gasteiger partial charge in [-0.2, -0.15) is 0 Å². The predicted molar refractivity (Wildman–Crippen MR) is 100 cm³/mol. The van der Waals surface area contributed by atoms with Crippen LogP contribution < -0.4 is 14.9 Å². The first-order valence-corrected chi connectivity index (χ1v) is 10.7. The number of sulfonamides is 1. The Labute approximate surface area is 150 Å². The Hall–Kier alpha value is -1.60. The fourth-order valence-corrected chi connectivity index (χ4v) is 5.12. The summed E-state index contributed by atoms with van der Waals surface area (Å²) in [6.45, 7) is 1.94. The van der Waals surface area contributed by atoms with Gasteiger partial charge >= 0.3 is 0 Å². The molecule has 0 spiro atoms. The third-order valence-electron chi connectivity index (χ3n) is 5.05. The van der Waals surface area contributed by atoms with Crippen molar-refractivity contribution in [3.8, 4) is 0 Å². The fraction of sp³-hybridized carbons (Fsp3) is 0.611. The van der Waals surface area contributed by atoms with Gasteiger partial charge in [0.05, 0.1) is 11.8 Å². The van der Waals surface area contributed by atoms with Crippen LogP contribution in [0, 0.1) is 0 Å². The lowest BCUT2D eigenvalue weighted by molar-refractivity contribution is -0.115. The molecule has 2 aliphatic rings. The second kappa shape index (κ2) is 8.19. The van der Waals surface area contributed by atoms with Gasteiger partial charge < -0.3 is 10.2 Å². The highest BCUT2D eigenvalue weighted by molar-refractivity contribution is 7.90. The number of piperidine rings is 1. The van der Waals surface area contributed by atoms with E-state index in [1.165, 1.54) is 24.9 Å². The van der Waals surface area contributed by atoms with Crippen molar-refractivity contribution in [2.24, 2.45) is 0 Å². The Kier molecular flexibility index (Phi) is 5.96. The largest absolute Gasteiger partial charge is 0.372 e. The summed E-state index contributed by atoms with van der Waals surface area (Å²) in [6.07, 6.45) is 7.01. The van der Waals surface area contributed by atoms with E-state index in [0.29, 0.717) is 18.5 Å². The van der Waals surface area contributed by atoms with E-state index in [0.717, 1.165) is 25.9 Å². The molecule has 2 fully saturated rings. The molecule has 2 N–H and O–H groups in total. The van der Waals surface area contributed by atoms with Crippen molar-refractivity contribution in [1.82, 2.24) is 4.72 Å². The van der Waals surface area contributed by atoms with Crippen LogP contribution in [0.4, 0.5) is 11.4 Å². The summed E-state index contributed by atoms with van der Waals surface area (Å²) in [5.74, 6) is -0.340. The molecule has 3 rings (SSSR count). The summed E-state index contributed by atoms with van der Waals surface area (Å²) in [6, 6.07) is 7.74. The smallest absolute Gasteiger partial charge is 0.239 e. The molecule has 1 saturated carbocycles. The minimum absolute atomic E-state index is 0.216. The SMILES string of the molecule is O=C(CNS(=O)(=O)C1CCCC1)Nc1ccc(N2CCCCC2)cc1. The molecule has 1 aliphatic carbocycles. The third-order valence-corrected chi connectivity index (χ3v) is 6.94. The molecule has 7 heteroatoms. The molecule has 1 saturated heterocycles. The zero-order chi connectivity index (χ0) is 17.7. The number of hydrogen-bond donors (Lipinski definition) is 2. The Morgan fingerprint density at radius 2 is 1.64 bits per heavy atom. The van der Waals surface area contributed by atoms with Crippen LogP contribution in [0.1, 0.15) is 44.9 Å². The van der Waals surface area contributed by atoms with Crippen molar-refractivity contribution in [3.05, 3.63) is 24.3 Å². The van der Waals surface area contributed by atoms with Crippen LogP contribution in [0.5, 0.6) is 0 Å². The number of hydrogen-bond acceptors (Lipinski definition) is 4. The van der Waals surface area contributed by atoms with E-state index < -0.39 is 10.0 Å². The Balaban J connectivity index is 1.49. The number of carbonyl (C=O) groups is 1. The van der Waals surface area contributed by atoms with Gasteiger partial charge in [-0.15, -0.1) is 0 Å². The molecule has 0 unspecified atom stereocenters. The standard InChI is InChI=1S/C18H27N3O3S/c22-18(14-19-25(23,24)17-6-2-3-7-17)20-15-8-10-16(11-9-15)21-12-4-1-5-13-21/h8-11,17,19H,1-7,12-14H2,(H,20,22). The molecule has 0 bridgehead atoms. The third kappa shape index (κ3) is 4.95. The summed E-state index contributed by atoms with van der Waals surface area (Å²) in [4.78, 5) is 14.4. The van der Waals surface area contributed by atoms with Crippen LogP contribution in [0.25, 0.3) is 0 Å². The maximum Gasteiger partial charge on any atom is 0.239 e. The highest BCUT2D eigenvalue weighted by Gasteiger charge is 2.28. The van der Waals surface area contributed by atoms with Gasteiger partial charge in [0.1, 0.15) is 0 Å². The average molecular weight is 365 g/mol. The normalized spacial score (nSPS) is 19.1. The van der Waals surface area contributed by atoms with Crippen LogP contribution in [0.15, 0.2) is 24.3 Å². The Morgan fingerprint density at radius 1 is 1.00 bits per heavy atom. The van der Waals surface area contributed by atoms with E-state index in [-0.39, 0.29) is 17.7 Å². The van der Waals surface area contributed by atoms with Crippen molar-refractivity contribution in [3.63, 3.8) is 0 Å². The zero-order valence-electron chi connectivity index (χ0n) is 14.5. The molecule has 0 radical (unpaired) electrons. The van der Waals surface area contributed by atoms with Gasteiger partial charge in [0, 0.05) is 24.5 Å². The fourth-order valence-electron chi connectivity index (χ4n) is 3.60. The van der Waals surface area contributed by atoms with Gasteiger partial charge in [0.15, 0.2) is 0 Å². The topological polar surface area (TPSA) is 78.5 Å². The second-order valence-corrected chi connectivity index (χ2v) is 8.96. The summed E-state index contributed by atoms with van der Waals surface area (Å²) in [5.41, 5.74) is 1.85. The van der Waals surface area contributed by atoms with Gasteiger partial charge in [-0.3, -0.25) is 4.79 Å². The lowest BCUT2D eigenvalue weighted by atomic mass is 10.1. The van der Waals surface area contributed by atoms with Gasteiger partial charge in [0.25, 0.3) is 0 Å². The van der Waals surface area contributed by atoms with Gasteiger partial charge in [-0.1, -0.05) is 12.8 Å². The molecule has 1 aromatic carbocycles. The predicted octanol–water partition coefficient (Wildman–Crippen LogP) is 2.48. The lowest BCUT2D eigenvalue weighted by Crippen LogP contribution is -2.38. The van der Waals surface area contributed by atoms with E-state index in [1.54, 1.807) is 0 Å². The number of carbonyl (C=O) groups excluding carboxylic acids is 1. The monoisotopic (exact) mass is 365 g/mol. The molecule has 1 amide bonds. The molecule has 0 atom stereocenters. The minimum Gasteiger partial charge on any atom is -0.372 e. The minimum atomic E-state index is -3.39. The molecule has 1 heterocycles. The molecule has 6 nitrogen and oxygen atoms in total. The molecular weight excluding hydrogens is 338 g/mol. The molecule has 1 aliphatic heterocycles. The van der Waals surface area contributed by atoms with Crippen LogP contribution in [0.2, 0.25) is 0 Å². The van der Waals surface area contributed by atoms with E-state index in [2.05, 4.69) is 14.9 Å². The number of amides is 1. The van der Waals surface area contributed by atoms with Crippen molar-refractivity contribution >= 4 is 27.3 Å². The van der Waals surface area contributed by atoms with Crippen molar-refractivity contribution in [1.29, 1.82) is 0 Å². The van der Waals surface area contributed by atoms with E-state index >= 15 is 0 Å². The Bertz CT molecular complexity index is 676. The van der Waals surface area contributed by atoms with Crippen LogP contribution in [-0.4, -0.2) is 39.2 Å². The zero-order valence-corrected chi connectivity index (χ0v) is 15.4. The number of benzene rings is 1. The highest BCUT2D eigenvalue weighted by Crippen LogP contribution is 2.24. The number of rotatable bonds is 6. The van der Waals surface area contributed by atoms with Crippen molar-refractivity contribution in [2.45, 2.75) is 50.2 Å². The Morgan fingerprint density at radius 3 is 2.28 bits per heavy atom. The van der Waals surface area contributed by atoms with Crippen molar-refractivity contribution in [2.75, 3.05) is 29.9 Å². The van der Waals surface area contributed by atoms with Crippen LogP contribution >= 0.6 is 0 Å². The molecule has 0 aromatic heterocycles. The summed E-state index contributed by atoms with van der Waals surface area (Å²) < 4.78 is 26.7. The molecule has 138 valence electrons. The quantitative estimate of drug-likeness (QED) is 0.812. The first-order valence-electron chi connectivity index (χ1n) is 9.18. The van der Waals surface area contributed by atoms with Gasteiger partial charge in [-0.25, -0.2) is 13.1 Å². The van der Waals surface area contributed by atoms with Crippen LogP contribution in [0.3, 0.4) is 0 Å².